The fourth-order valence-corrected chi connectivity index (χ4v) is 5.20. The van der Waals surface area contributed by atoms with Crippen LogP contribution in [0, 0.1) is 0 Å². The molecule has 0 saturated heterocycles. The number of rotatable bonds is 10. The quantitative estimate of drug-likeness (QED) is 0.179. The van der Waals surface area contributed by atoms with Gasteiger partial charge in [0, 0.05) is 37.8 Å². The Kier molecular flexibility index (Phi) is 9.56. The summed E-state index contributed by atoms with van der Waals surface area (Å²) in [5.41, 5.74) is 5.48. The standard InChI is InChI=1S/C35H35N3O6/c1-23(39)44-29-14-10-25(11-15-29)34(40)37-31-7-5-4-6-30(31)35(41)36-28-12-8-24(9-13-28)16-18-38-19-17-26-20-32(42-2)33(43-3)21-27(26)22-38/h4-15,20-21H,16-19,22H2,1-3H3,(H,36,41)(H,37,40). The second-order valence-electron chi connectivity index (χ2n) is 10.5. The molecular weight excluding hydrogens is 558 g/mol. The molecule has 0 unspecified atom stereocenters. The van der Waals surface area contributed by atoms with Crippen molar-refractivity contribution < 1.29 is 28.6 Å². The summed E-state index contributed by atoms with van der Waals surface area (Å²) in [6.45, 7) is 4.06. The van der Waals surface area contributed by atoms with Crippen LogP contribution in [-0.2, 0) is 24.2 Å². The van der Waals surface area contributed by atoms with Crippen molar-refractivity contribution in [2.45, 2.75) is 26.3 Å². The van der Waals surface area contributed by atoms with Crippen molar-refractivity contribution in [3.63, 3.8) is 0 Å². The number of amides is 2. The van der Waals surface area contributed by atoms with Crippen molar-refractivity contribution in [3.05, 3.63) is 113 Å². The Morgan fingerprint density at radius 1 is 0.795 bits per heavy atom. The molecule has 4 aromatic carbocycles. The minimum Gasteiger partial charge on any atom is -0.493 e. The predicted molar refractivity (Wildman–Crippen MR) is 169 cm³/mol. The van der Waals surface area contributed by atoms with Crippen molar-refractivity contribution in [2.75, 3.05) is 37.9 Å². The molecule has 0 atom stereocenters. The highest BCUT2D eigenvalue weighted by molar-refractivity contribution is 6.12. The van der Waals surface area contributed by atoms with Crippen LogP contribution < -0.4 is 24.8 Å². The normalized spacial score (nSPS) is 12.5. The number of nitrogens with zero attached hydrogens (tertiary/aromatic N) is 1. The number of ether oxygens (including phenoxy) is 3. The van der Waals surface area contributed by atoms with Crippen LogP contribution in [0.5, 0.6) is 17.2 Å². The number of esters is 1. The summed E-state index contributed by atoms with van der Waals surface area (Å²) in [5, 5.41) is 5.73. The maximum Gasteiger partial charge on any atom is 0.308 e. The second-order valence-corrected chi connectivity index (χ2v) is 10.5. The summed E-state index contributed by atoms with van der Waals surface area (Å²) in [5.74, 6) is 0.703. The molecule has 0 aromatic heterocycles. The molecule has 4 aromatic rings. The van der Waals surface area contributed by atoms with Crippen molar-refractivity contribution in [3.8, 4) is 17.2 Å². The van der Waals surface area contributed by atoms with Crippen LogP contribution in [0.4, 0.5) is 11.4 Å². The van der Waals surface area contributed by atoms with Gasteiger partial charge in [-0.2, -0.15) is 0 Å². The van der Waals surface area contributed by atoms with E-state index in [2.05, 4.69) is 27.7 Å². The fourth-order valence-electron chi connectivity index (χ4n) is 5.20. The molecule has 9 nitrogen and oxygen atoms in total. The van der Waals surface area contributed by atoms with Crippen LogP contribution in [0.1, 0.15) is 44.3 Å². The molecule has 1 aliphatic heterocycles. The van der Waals surface area contributed by atoms with E-state index in [9.17, 15) is 14.4 Å². The van der Waals surface area contributed by atoms with Crippen LogP contribution in [0.15, 0.2) is 84.9 Å². The SMILES string of the molecule is COc1cc2c(cc1OC)CN(CCc1ccc(NC(=O)c3ccccc3NC(=O)c3ccc(OC(C)=O)cc3)cc1)CC2. The molecule has 1 heterocycles. The Morgan fingerprint density at radius 3 is 2.16 bits per heavy atom. The summed E-state index contributed by atoms with van der Waals surface area (Å²) in [6.07, 6.45) is 1.85. The lowest BCUT2D eigenvalue weighted by Crippen LogP contribution is -2.32. The number of fused-ring (bicyclic) bond motifs is 1. The molecule has 2 N–H and O–H groups in total. The summed E-state index contributed by atoms with van der Waals surface area (Å²) < 4.78 is 15.9. The molecule has 9 heteroatoms. The minimum atomic E-state index is -0.440. The first kappa shape index (κ1) is 30.3. The average molecular weight is 594 g/mol. The summed E-state index contributed by atoms with van der Waals surface area (Å²) in [4.78, 5) is 39.6. The molecule has 5 rings (SSSR count). The van der Waals surface area contributed by atoms with Gasteiger partial charge in [-0.05, 0) is 90.2 Å². The lowest BCUT2D eigenvalue weighted by atomic mass is 9.98. The first-order chi connectivity index (χ1) is 21.3. The van der Waals surface area contributed by atoms with Gasteiger partial charge < -0.3 is 24.8 Å². The first-order valence-corrected chi connectivity index (χ1v) is 14.4. The van der Waals surface area contributed by atoms with Crippen molar-refractivity contribution in [1.82, 2.24) is 4.90 Å². The van der Waals surface area contributed by atoms with E-state index < -0.39 is 5.97 Å². The number of benzene rings is 4. The highest BCUT2D eigenvalue weighted by Crippen LogP contribution is 2.33. The monoisotopic (exact) mass is 593 g/mol. The number of methoxy groups -OCH3 is 2. The third-order valence-electron chi connectivity index (χ3n) is 7.52. The summed E-state index contributed by atoms with van der Waals surface area (Å²) in [6, 6.07) is 25.0. The van der Waals surface area contributed by atoms with Gasteiger partial charge in [0.25, 0.3) is 11.8 Å². The Bertz CT molecular complexity index is 1650. The highest BCUT2D eigenvalue weighted by Gasteiger charge is 2.20. The van der Waals surface area contributed by atoms with Gasteiger partial charge in [0.15, 0.2) is 11.5 Å². The summed E-state index contributed by atoms with van der Waals surface area (Å²) >= 11 is 0. The summed E-state index contributed by atoms with van der Waals surface area (Å²) in [7, 11) is 3.32. The van der Waals surface area contributed by atoms with E-state index in [1.807, 2.05) is 24.3 Å². The van der Waals surface area contributed by atoms with Crippen LogP contribution in [0.3, 0.4) is 0 Å². The third-order valence-corrected chi connectivity index (χ3v) is 7.52. The largest absolute Gasteiger partial charge is 0.493 e. The van der Waals surface area contributed by atoms with Gasteiger partial charge in [0.2, 0.25) is 0 Å². The molecule has 0 radical (unpaired) electrons. The van der Waals surface area contributed by atoms with Gasteiger partial charge in [0.1, 0.15) is 5.75 Å². The van der Waals surface area contributed by atoms with Gasteiger partial charge in [-0.25, -0.2) is 0 Å². The highest BCUT2D eigenvalue weighted by atomic mass is 16.5. The number of nitrogens with one attached hydrogen (secondary N) is 2. The van der Waals surface area contributed by atoms with E-state index in [1.54, 1.807) is 62.8 Å². The number of anilines is 2. The molecule has 0 fully saturated rings. The topological polar surface area (TPSA) is 106 Å². The van der Waals surface area contributed by atoms with E-state index >= 15 is 0 Å². The van der Waals surface area contributed by atoms with Gasteiger partial charge in [0.05, 0.1) is 25.5 Å². The van der Waals surface area contributed by atoms with Crippen molar-refractivity contribution in [2.24, 2.45) is 0 Å². The number of para-hydroxylation sites is 1. The molecule has 2 amide bonds. The Morgan fingerprint density at radius 2 is 1.48 bits per heavy atom. The Labute approximate surface area is 256 Å². The Balaban J connectivity index is 1.16. The van der Waals surface area contributed by atoms with Crippen LogP contribution in [0.2, 0.25) is 0 Å². The van der Waals surface area contributed by atoms with E-state index in [0.717, 1.165) is 44.0 Å². The molecule has 0 bridgehead atoms. The first-order valence-electron chi connectivity index (χ1n) is 14.4. The minimum absolute atomic E-state index is 0.334. The van der Waals surface area contributed by atoms with E-state index in [1.165, 1.54) is 23.6 Å². The molecule has 44 heavy (non-hydrogen) atoms. The molecule has 1 aliphatic rings. The number of carbonyl (C=O) groups is 3. The van der Waals surface area contributed by atoms with Crippen LogP contribution >= 0.6 is 0 Å². The van der Waals surface area contributed by atoms with E-state index in [-0.39, 0.29) is 11.8 Å². The van der Waals surface area contributed by atoms with Crippen LogP contribution in [-0.4, -0.2) is 50.0 Å². The lowest BCUT2D eigenvalue weighted by molar-refractivity contribution is -0.131. The van der Waals surface area contributed by atoms with Crippen molar-refractivity contribution >= 4 is 29.2 Å². The zero-order chi connectivity index (χ0) is 31.1. The van der Waals surface area contributed by atoms with Crippen molar-refractivity contribution in [1.29, 1.82) is 0 Å². The number of hydrogen-bond acceptors (Lipinski definition) is 7. The zero-order valence-electron chi connectivity index (χ0n) is 25.0. The molecule has 0 aliphatic carbocycles. The molecule has 0 saturated carbocycles. The predicted octanol–water partition coefficient (Wildman–Crippen LogP) is 5.73. The third kappa shape index (κ3) is 7.43. The number of hydrogen-bond donors (Lipinski definition) is 2. The fraction of sp³-hybridized carbons (Fsp3) is 0.229. The van der Waals surface area contributed by atoms with Gasteiger partial charge >= 0.3 is 5.97 Å². The Hall–Kier alpha value is -5.15. The lowest BCUT2D eigenvalue weighted by Gasteiger charge is -2.29. The molecular formula is C35H35N3O6. The van der Waals surface area contributed by atoms with Gasteiger partial charge in [-0.15, -0.1) is 0 Å². The van der Waals surface area contributed by atoms with E-state index in [0.29, 0.717) is 28.3 Å². The van der Waals surface area contributed by atoms with Gasteiger partial charge in [-0.1, -0.05) is 24.3 Å². The molecule has 226 valence electrons. The second kappa shape index (κ2) is 13.9. The maximum atomic E-state index is 13.2. The van der Waals surface area contributed by atoms with Crippen LogP contribution in [0.25, 0.3) is 0 Å². The molecule has 0 spiro atoms. The zero-order valence-corrected chi connectivity index (χ0v) is 25.0. The number of carbonyl (C=O) groups excluding carboxylic acids is 3. The average Bonchev–Trinajstić information content (AvgIpc) is 3.03. The maximum absolute atomic E-state index is 13.2. The smallest absolute Gasteiger partial charge is 0.308 e. The van der Waals surface area contributed by atoms with E-state index in [4.69, 9.17) is 14.2 Å². The van der Waals surface area contributed by atoms with Gasteiger partial charge in [-0.3, -0.25) is 19.3 Å².